The largest absolute Gasteiger partial charge is 0.334 e. The maximum absolute atomic E-state index is 5.18. The SMILES string of the molecule is CCP(C)(=N[Si](C)(C)C)c1ccccc1. The molecule has 0 fully saturated rings. The second-order valence-corrected chi connectivity index (χ2v) is 13.6. The number of benzene rings is 1. The summed E-state index contributed by atoms with van der Waals surface area (Å²) in [6.45, 7) is 11.6. The van der Waals surface area contributed by atoms with Crippen molar-refractivity contribution in [1.82, 2.24) is 0 Å². The lowest BCUT2D eigenvalue weighted by atomic mass is 10.4. The lowest BCUT2D eigenvalue weighted by Crippen LogP contribution is -2.19. The molecule has 0 aliphatic heterocycles. The third kappa shape index (κ3) is 3.62. The molecule has 0 saturated carbocycles. The van der Waals surface area contributed by atoms with Gasteiger partial charge in [-0.25, -0.2) is 0 Å². The molecule has 1 nitrogen and oxygen atoms in total. The first-order valence-corrected chi connectivity index (χ1v) is 11.3. The van der Waals surface area contributed by atoms with Crippen molar-refractivity contribution < 1.29 is 0 Å². The molecule has 0 aromatic heterocycles. The zero-order valence-corrected chi connectivity index (χ0v) is 12.4. The monoisotopic (exact) mass is 239 g/mol. The fourth-order valence-electron chi connectivity index (χ4n) is 1.72. The summed E-state index contributed by atoms with van der Waals surface area (Å²) in [6.07, 6.45) is 1.18. The Morgan fingerprint density at radius 3 is 2.07 bits per heavy atom. The molecular formula is C12H22NPSi. The summed E-state index contributed by atoms with van der Waals surface area (Å²) in [6, 6.07) is 10.8. The van der Waals surface area contributed by atoms with Crippen LogP contribution in [-0.4, -0.2) is 21.1 Å². The van der Waals surface area contributed by atoms with Gasteiger partial charge in [-0.05, 0) is 25.2 Å². The standard InChI is InChI=1S/C12H22NPSi/c1-6-14(2,13-15(3,4)5)12-10-8-7-9-11-12/h7-11H,6H2,1-5H3. The van der Waals surface area contributed by atoms with Gasteiger partial charge in [0, 0.05) is 0 Å². The highest BCUT2D eigenvalue weighted by atomic mass is 31.2. The van der Waals surface area contributed by atoms with Gasteiger partial charge in [0.2, 0.25) is 0 Å². The Kier molecular flexibility index (Phi) is 3.97. The van der Waals surface area contributed by atoms with E-state index in [9.17, 15) is 0 Å². The van der Waals surface area contributed by atoms with Crippen LogP contribution in [-0.2, 0) is 0 Å². The maximum atomic E-state index is 5.18. The van der Waals surface area contributed by atoms with Crippen molar-refractivity contribution in [3.63, 3.8) is 0 Å². The van der Waals surface area contributed by atoms with Crippen LogP contribution in [0.15, 0.2) is 34.7 Å². The third-order valence-electron chi connectivity index (χ3n) is 2.45. The number of rotatable bonds is 3. The van der Waals surface area contributed by atoms with Crippen LogP contribution >= 0.6 is 7.05 Å². The van der Waals surface area contributed by atoms with Gasteiger partial charge in [0.05, 0.1) is 0 Å². The number of hydrogen-bond acceptors (Lipinski definition) is 1. The Morgan fingerprint density at radius 2 is 1.67 bits per heavy atom. The summed E-state index contributed by atoms with van der Waals surface area (Å²) in [5, 5.41) is 1.45. The van der Waals surface area contributed by atoms with Crippen molar-refractivity contribution in [1.29, 1.82) is 0 Å². The Hall–Kier alpha value is -0.333. The van der Waals surface area contributed by atoms with Crippen LogP contribution in [0.25, 0.3) is 0 Å². The van der Waals surface area contributed by atoms with Gasteiger partial charge >= 0.3 is 0 Å². The highest BCUT2D eigenvalue weighted by Gasteiger charge is 2.19. The Morgan fingerprint density at radius 1 is 1.13 bits per heavy atom. The quantitative estimate of drug-likeness (QED) is 0.558. The van der Waals surface area contributed by atoms with Crippen LogP contribution < -0.4 is 5.30 Å². The van der Waals surface area contributed by atoms with Gasteiger partial charge < -0.3 is 4.41 Å². The molecule has 0 amide bonds. The fraction of sp³-hybridized carbons (Fsp3) is 0.500. The Labute approximate surface area is 95.1 Å². The molecule has 0 spiro atoms. The smallest absolute Gasteiger partial charge is 0.170 e. The zero-order chi connectivity index (χ0) is 11.5. The molecule has 0 N–H and O–H groups in total. The van der Waals surface area contributed by atoms with Crippen LogP contribution in [0.5, 0.6) is 0 Å². The summed E-state index contributed by atoms with van der Waals surface area (Å²) in [7, 11) is -2.56. The molecule has 1 aromatic carbocycles. The van der Waals surface area contributed by atoms with Crippen LogP contribution in [0.4, 0.5) is 0 Å². The highest BCUT2D eigenvalue weighted by molar-refractivity contribution is 7.74. The number of hydrogen-bond donors (Lipinski definition) is 0. The topological polar surface area (TPSA) is 12.4 Å². The van der Waals surface area contributed by atoms with Gasteiger partial charge in [-0.3, -0.25) is 0 Å². The van der Waals surface area contributed by atoms with E-state index in [2.05, 4.69) is 63.6 Å². The molecule has 0 aliphatic carbocycles. The van der Waals surface area contributed by atoms with E-state index in [0.29, 0.717) is 0 Å². The second kappa shape index (κ2) is 4.67. The summed E-state index contributed by atoms with van der Waals surface area (Å²) >= 11 is 0. The van der Waals surface area contributed by atoms with E-state index in [4.69, 9.17) is 4.41 Å². The predicted octanol–water partition coefficient (Wildman–Crippen LogP) is 4.00. The molecule has 0 radical (unpaired) electrons. The van der Waals surface area contributed by atoms with E-state index in [1.807, 2.05) is 0 Å². The van der Waals surface area contributed by atoms with Crippen LogP contribution in [0, 0.1) is 0 Å². The molecule has 0 aliphatic rings. The van der Waals surface area contributed by atoms with Crippen molar-refractivity contribution >= 4 is 20.6 Å². The van der Waals surface area contributed by atoms with Crippen molar-refractivity contribution in [2.75, 3.05) is 12.8 Å². The van der Waals surface area contributed by atoms with E-state index in [1.165, 1.54) is 11.5 Å². The lowest BCUT2D eigenvalue weighted by molar-refractivity contribution is 1.46. The zero-order valence-electron chi connectivity index (χ0n) is 10.5. The predicted molar refractivity (Wildman–Crippen MR) is 75.2 cm³/mol. The van der Waals surface area contributed by atoms with Gasteiger partial charge in [0.25, 0.3) is 0 Å². The molecule has 0 saturated heterocycles. The average molecular weight is 239 g/mol. The normalized spacial score (nSPS) is 15.8. The van der Waals surface area contributed by atoms with E-state index in [-0.39, 0.29) is 0 Å². The van der Waals surface area contributed by atoms with Crippen LogP contribution in [0.2, 0.25) is 19.6 Å². The molecule has 15 heavy (non-hydrogen) atoms. The summed E-state index contributed by atoms with van der Waals surface area (Å²) in [5.74, 6) is 0. The summed E-state index contributed by atoms with van der Waals surface area (Å²) < 4.78 is 5.18. The average Bonchev–Trinajstić information content (AvgIpc) is 2.16. The van der Waals surface area contributed by atoms with Gasteiger partial charge in [-0.2, -0.15) is 0 Å². The maximum Gasteiger partial charge on any atom is 0.170 e. The van der Waals surface area contributed by atoms with Crippen LogP contribution in [0.1, 0.15) is 6.92 Å². The number of nitrogens with zero attached hydrogens (tertiary/aromatic N) is 1. The van der Waals surface area contributed by atoms with Gasteiger partial charge in [0.1, 0.15) is 0 Å². The van der Waals surface area contributed by atoms with Gasteiger partial charge in [-0.1, -0.05) is 56.9 Å². The molecule has 0 heterocycles. The van der Waals surface area contributed by atoms with Crippen molar-refractivity contribution in [3.05, 3.63) is 30.3 Å². The first-order chi connectivity index (χ1) is 6.87. The minimum absolute atomic E-state index is 1.18. The molecule has 3 heteroatoms. The van der Waals surface area contributed by atoms with Gasteiger partial charge in [0.15, 0.2) is 8.24 Å². The van der Waals surface area contributed by atoms with E-state index >= 15 is 0 Å². The Balaban J connectivity index is 3.23. The minimum atomic E-state index is -1.32. The second-order valence-electron chi connectivity index (χ2n) is 5.06. The van der Waals surface area contributed by atoms with E-state index in [0.717, 1.165) is 0 Å². The fourth-order valence-corrected chi connectivity index (χ4v) is 9.23. The molecule has 1 atom stereocenters. The summed E-state index contributed by atoms with van der Waals surface area (Å²) in [4.78, 5) is 0. The van der Waals surface area contributed by atoms with E-state index < -0.39 is 15.3 Å². The molecule has 1 rings (SSSR count). The molecule has 84 valence electrons. The van der Waals surface area contributed by atoms with Crippen LogP contribution in [0.3, 0.4) is 0 Å². The first kappa shape index (κ1) is 12.7. The molecule has 0 bridgehead atoms. The highest BCUT2D eigenvalue weighted by Crippen LogP contribution is 2.45. The van der Waals surface area contributed by atoms with E-state index in [1.54, 1.807) is 0 Å². The minimum Gasteiger partial charge on any atom is -0.334 e. The first-order valence-electron chi connectivity index (χ1n) is 5.53. The summed E-state index contributed by atoms with van der Waals surface area (Å²) in [5.41, 5.74) is 0. The van der Waals surface area contributed by atoms with Crippen molar-refractivity contribution in [2.45, 2.75) is 26.6 Å². The Bertz CT molecular complexity index is 365. The van der Waals surface area contributed by atoms with Crippen molar-refractivity contribution in [3.8, 4) is 0 Å². The lowest BCUT2D eigenvalue weighted by Gasteiger charge is -2.24. The molecule has 1 aromatic rings. The van der Waals surface area contributed by atoms with Gasteiger partial charge in [-0.15, -0.1) is 0 Å². The molecule has 1 unspecified atom stereocenters. The third-order valence-corrected chi connectivity index (χ3v) is 9.26. The molecular weight excluding hydrogens is 217 g/mol. The van der Waals surface area contributed by atoms with Crippen molar-refractivity contribution in [2.24, 2.45) is 4.41 Å².